The smallest absolute Gasteiger partial charge is 0.255 e. The SMILES string of the molecule is O=c1[nH]c(-c2ccc(Cl)cc2)nc2c1CN(Cc1cc(Cl)cc(Cl)c1O)CC2. The van der Waals surface area contributed by atoms with Crippen molar-refractivity contribution in [2.24, 2.45) is 0 Å². The Balaban J connectivity index is 1.59. The number of hydrogen-bond acceptors (Lipinski definition) is 4. The van der Waals surface area contributed by atoms with Crippen LogP contribution in [0.3, 0.4) is 0 Å². The average Bonchev–Trinajstić information content (AvgIpc) is 2.66. The molecule has 1 aliphatic heterocycles. The van der Waals surface area contributed by atoms with E-state index in [4.69, 9.17) is 34.8 Å². The summed E-state index contributed by atoms with van der Waals surface area (Å²) >= 11 is 18.0. The van der Waals surface area contributed by atoms with Crippen molar-refractivity contribution < 1.29 is 5.11 Å². The summed E-state index contributed by atoms with van der Waals surface area (Å²) in [5.74, 6) is 0.551. The number of halogens is 3. The highest BCUT2D eigenvalue weighted by molar-refractivity contribution is 6.35. The highest BCUT2D eigenvalue weighted by Crippen LogP contribution is 2.32. The maximum Gasteiger partial charge on any atom is 0.255 e. The Morgan fingerprint density at radius 2 is 1.86 bits per heavy atom. The Bertz CT molecular complexity index is 1100. The van der Waals surface area contributed by atoms with Gasteiger partial charge in [0.2, 0.25) is 0 Å². The molecule has 28 heavy (non-hydrogen) atoms. The van der Waals surface area contributed by atoms with Crippen molar-refractivity contribution in [1.82, 2.24) is 14.9 Å². The van der Waals surface area contributed by atoms with Gasteiger partial charge in [-0.05, 0) is 36.4 Å². The summed E-state index contributed by atoms with van der Waals surface area (Å²) in [6, 6.07) is 10.4. The van der Waals surface area contributed by atoms with Crippen LogP contribution in [0.15, 0.2) is 41.2 Å². The minimum absolute atomic E-state index is 0.0157. The first kappa shape index (κ1) is 19.3. The van der Waals surface area contributed by atoms with E-state index in [0.717, 1.165) is 11.3 Å². The average molecular weight is 437 g/mol. The van der Waals surface area contributed by atoms with Gasteiger partial charge < -0.3 is 10.1 Å². The Morgan fingerprint density at radius 1 is 1.11 bits per heavy atom. The van der Waals surface area contributed by atoms with E-state index < -0.39 is 0 Å². The number of aromatic hydroxyl groups is 1. The molecule has 1 aliphatic rings. The van der Waals surface area contributed by atoms with E-state index in [2.05, 4.69) is 14.9 Å². The number of rotatable bonds is 3. The van der Waals surface area contributed by atoms with Gasteiger partial charge in [-0.3, -0.25) is 9.69 Å². The molecule has 0 unspecified atom stereocenters. The fourth-order valence-corrected chi connectivity index (χ4v) is 4.00. The van der Waals surface area contributed by atoms with Crippen LogP contribution in [0.4, 0.5) is 0 Å². The number of fused-ring (bicyclic) bond motifs is 1. The maximum absolute atomic E-state index is 12.7. The van der Waals surface area contributed by atoms with E-state index in [1.165, 1.54) is 6.07 Å². The molecule has 1 aromatic heterocycles. The van der Waals surface area contributed by atoms with Gasteiger partial charge in [-0.1, -0.05) is 34.8 Å². The van der Waals surface area contributed by atoms with Gasteiger partial charge in [-0.25, -0.2) is 4.98 Å². The van der Waals surface area contributed by atoms with E-state index in [0.29, 0.717) is 53.1 Å². The van der Waals surface area contributed by atoms with Crippen LogP contribution in [0.5, 0.6) is 5.75 Å². The van der Waals surface area contributed by atoms with Gasteiger partial charge in [0.25, 0.3) is 5.56 Å². The molecule has 8 heteroatoms. The van der Waals surface area contributed by atoms with Crippen LogP contribution in [0.1, 0.15) is 16.8 Å². The van der Waals surface area contributed by atoms with Gasteiger partial charge in [0, 0.05) is 47.2 Å². The molecule has 2 heterocycles. The quantitative estimate of drug-likeness (QED) is 0.626. The summed E-state index contributed by atoms with van der Waals surface area (Å²) in [7, 11) is 0. The summed E-state index contributed by atoms with van der Waals surface area (Å²) < 4.78 is 0. The number of nitrogens with zero attached hydrogens (tertiary/aromatic N) is 2. The monoisotopic (exact) mass is 435 g/mol. The summed E-state index contributed by atoms with van der Waals surface area (Å²) in [5.41, 5.74) is 2.70. The van der Waals surface area contributed by atoms with Crippen molar-refractivity contribution in [3.05, 3.63) is 78.6 Å². The van der Waals surface area contributed by atoms with Gasteiger partial charge in [0.05, 0.1) is 16.3 Å². The van der Waals surface area contributed by atoms with Crippen LogP contribution in [-0.4, -0.2) is 26.5 Å². The van der Waals surface area contributed by atoms with Crippen LogP contribution in [0, 0.1) is 0 Å². The molecule has 4 rings (SSSR count). The van der Waals surface area contributed by atoms with Gasteiger partial charge in [-0.15, -0.1) is 0 Å². The fourth-order valence-electron chi connectivity index (χ4n) is 3.34. The highest BCUT2D eigenvalue weighted by Gasteiger charge is 2.23. The molecule has 144 valence electrons. The van der Waals surface area contributed by atoms with Crippen LogP contribution < -0.4 is 5.56 Å². The first-order valence-electron chi connectivity index (χ1n) is 8.68. The third-order valence-corrected chi connectivity index (χ3v) is 5.52. The number of phenols is 1. The molecule has 2 aromatic carbocycles. The molecule has 0 amide bonds. The molecule has 0 fully saturated rings. The lowest BCUT2D eigenvalue weighted by Crippen LogP contribution is -2.35. The largest absolute Gasteiger partial charge is 0.506 e. The van der Waals surface area contributed by atoms with Crippen LogP contribution in [0.2, 0.25) is 15.1 Å². The zero-order valence-electron chi connectivity index (χ0n) is 14.7. The second kappa shape index (κ2) is 7.76. The molecular weight excluding hydrogens is 421 g/mol. The lowest BCUT2D eigenvalue weighted by molar-refractivity contribution is 0.239. The highest BCUT2D eigenvalue weighted by atomic mass is 35.5. The van der Waals surface area contributed by atoms with Crippen LogP contribution in [-0.2, 0) is 19.5 Å². The second-order valence-corrected chi connectivity index (χ2v) is 7.98. The summed E-state index contributed by atoms with van der Waals surface area (Å²) in [6.07, 6.45) is 0.634. The van der Waals surface area contributed by atoms with E-state index in [-0.39, 0.29) is 16.3 Å². The van der Waals surface area contributed by atoms with Crippen molar-refractivity contribution in [3.8, 4) is 17.1 Å². The molecule has 0 spiro atoms. The standard InChI is InChI=1S/C20H16Cl3N3O2/c21-13-3-1-11(2-4-13)19-24-17-5-6-26(10-15(17)20(28)25-19)9-12-7-14(22)8-16(23)18(12)27/h1-4,7-8,27H,5-6,9-10H2,(H,24,25,28). The number of H-pyrrole nitrogens is 1. The third kappa shape index (κ3) is 3.89. The van der Waals surface area contributed by atoms with Crippen molar-refractivity contribution in [3.63, 3.8) is 0 Å². The van der Waals surface area contributed by atoms with Crippen LogP contribution in [0.25, 0.3) is 11.4 Å². The normalized spacial score (nSPS) is 14.1. The zero-order valence-corrected chi connectivity index (χ0v) is 16.9. The molecule has 0 radical (unpaired) electrons. The Labute approximate surface area is 176 Å². The fraction of sp³-hybridized carbons (Fsp3) is 0.200. The second-order valence-electron chi connectivity index (χ2n) is 6.70. The van der Waals surface area contributed by atoms with E-state index in [1.807, 2.05) is 12.1 Å². The Morgan fingerprint density at radius 3 is 2.61 bits per heavy atom. The first-order valence-corrected chi connectivity index (χ1v) is 9.81. The molecular formula is C20H16Cl3N3O2. The Hall–Kier alpha value is -2.05. The maximum atomic E-state index is 12.7. The molecule has 0 atom stereocenters. The van der Waals surface area contributed by atoms with E-state index in [1.54, 1.807) is 18.2 Å². The Kier molecular flexibility index (Phi) is 5.34. The van der Waals surface area contributed by atoms with Crippen molar-refractivity contribution in [1.29, 1.82) is 0 Å². The van der Waals surface area contributed by atoms with Crippen molar-refractivity contribution in [2.75, 3.05) is 6.54 Å². The minimum atomic E-state index is -0.159. The molecule has 0 aliphatic carbocycles. The lowest BCUT2D eigenvalue weighted by Gasteiger charge is -2.28. The molecule has 0 saturated heterocycles. The van der Waals surface area contributed by atoms with Crippen molar-refractivity contribution in [2.45, 2.75) is 19.5 Å². The summed E-state index contributed by atoms with van der Waals surface area (Å²) in [4.78, 5) is 22.2. The number of hydrogen-bond donors (Lipinski definition) is 2. The lowest BCUT2D eigenvalue weighted by atomic mass is 10.0. The third-order valence-electron chi connectivity index (χ3n) is 4.77. The summed E-state index contributed by atoms with van der Waals surface area (Å²) in [5, 5.41) is 11.5. The predicted molar refractivity (Wildman–Crippen MR) is 111 cm³/mol. The molecule has 3 aromatic rings. The number of aromatic amines is 1. The minimum Gasteiger partial charge on any atom is -0.506 e. The van der Waals surface area contributed by atoms with E-state index >= 15 is 0 Å². The molecule has 5 nitrogen and oxygen atoms in total. The van der Waals surface area contributed by atoms with Gasteiger partial charge in [0.1, 0.15) is 11.6 Å². The molecule has 0 bridgehead atoms. The van der Waals surface area contributed by atoms with E-state index in [9.17, 15) is 9.90 Å². The number of nitrogens with one attached hydrogen (secondary N) is 1. The molecule has 2 N–H and O–H groups in total. The topological polar surface area (TPSA) is 69.2 Å². The van der Waals surface area contributed by atoms with Gasteiger partial charge in [0.15, 0.2) is 0 Å². The summed E-state index contributed by atoms with van der Waals surface area (Å²) in [6.45, 7) is 1.57. The number of benzene rings is 2. The van der Waals surface area contributed by atoms with Gasteiger partial charge in [-0.2, -0.15) is 0 Å². The predicted octanol–water partition coefficient (Wildman–Crippen LogP) is 4.66. The van der Waals surface area contributed by atoms with Crippen LogP contribution >= 0.6 is 34.8 Å². The first-order chi connectivity index (χ1) is 13.4. The molecule has 0 saturated carbocycles. The van der Waals surface area contributed by atoms with Crippen molar-refractivity contribution >= 4 is 34.8 Å². The zero-order chi connectivity index (χ0) is 19.8. The number of phenolic OH excluding ortho intramolecular Hbond substituents is 1. The van der Waals surface area contributed by atoms with Gasteiger partial charge >= 0.3 is 0 Å². The number of aromatic nitrogens is 2.